The number of hydrogen-bond donors (Lipinski definition) is 1. The van der Waals surface area contributed by atoms with Crippen molar-refractivity contribution in [2.24, 2.45) is 0 Å². The van der Waals surface area contributed by atoms with Gasteiger partial charge in [-0.05, 0) is 25.0 Å². The fraction of sp³-hybridized carbons (Fsp3) is 0.278. The minimum atomic E-state index is -0.128. The third-order valence-corrected chi connectivity index (χ3v) is 4.22. The second-order valence-electron chi connectivity index (χ2n) is 5.77. The van der Waals surface area contributed by atoms with E-state index in [9.17, 15) is 5.26 Å². The van der Waals surface area contributed by atoms with Crippen molar-refractivity contribution < 1.29 is 0 Å². The smallest absolute Gasteiger partial charge is 0.114 e. The Labute approximate surface area is 123 Å². The highest BCUT2D eigenvalue weighted by molar-refractivity contribution is 6.07. The summed E-state index contributed by atoms with van der Waals surface area (Å²) in [5, 5.41) is 15.4. The molecule has 1 fully saturated rings. The number of benzene rings is 2. The summed E-state index contributed by atoms with van der Waals surface area (Å²) >= 11 is 0. The standard InChI is InChI=1S/C18H17N3/c19-11-14(20-13-9-10-13)12-21-17-7-3-1-5-15(17)16-6-2-4-8-18(16)21/h1-8,13-14,20H,9-10,12H2. The Hall–Kier alpha value is -2.31. The zero-order valence-electron chi connectivity index (χ0n) is 11.8. The molecule has 1 aliphatic rings. The molecule has 0 aliphatic heterocycles. The summed E-state index contributed by atoms with van der Waals surface area (Å²) in [4.78, 5) is 0. The maximum Gasteiger partial charge on any atom is 0.114 e. The Morgan fingerprint density at radius 3 is 2.14 bits per heavy atom. The predicted octanol–water partition coefficient (Wildman–Crippen LogP) is 3.44. The summed E-state index contributed by atoms with van der Waals surface area (Å²) in [7, 11) is 0. The zero-order valence-corrected chi connectivity index (χ0v) is 11.8. The lowest BCUT2D eigenvalue weighted by atomic mass is 10.2. The number of para-hydroxylation sites is 2. The van der Waals surface area contributed by atoms with Crippen LogP contribution in [0.3, 0.4) is 0 Å². The molecule has 0 bridgehead atoms. The number of nitrogens with zero attached hydrogens (tertiary/aromatic N) is 2. The molecule has 4 rings (SSSR count). The molecular weight excluding hydrogens is 258 g/mol. The van der Waals surface area contributed by atoms with Crippen LogP contribution in [0.25, 0.3) is 21.8 Å². The minimum absolute atomic E-state index is 0.128. The molecule has 1 N–H and O–H groups in total. The molecule has 0 spiro atoms. The summed E-state index contributed by atoms with van der Waals surface area (Å²) in [6.45, 7) is 0.695. The first-order chi connectivity index (χ1) is 10.4. The van der Waals surface area contributed by atoms with E-state index >= 15 is 0 Å². The molecule has 0 saturated heterocycles. The van der Waals surface area contributed by atoms with Crippen LogP contribution in [0.15, 0.2) is 48.5 Å². The van der Waals surface area contributed by atoms with Crippen molar-refractivity contribution in [1.29, 1.82) is 5.26 Å². The number of nitriles is 1. The van der Waals surface area contributed by atoms with E-state index in [1.807, 2.05) is 0 Å². The summed E-state index contributed by atoms with van der Waals surface area (Å²) in [6, 6.07) is 19.7. The van der Waals surface area contributed by atoms with E-state index in [0.717, 1.165) is 0 Å². The van der Waals surface area contributed by atoms with Gasteiger partial charge in [-0.1, -0.05) is 36.4 Å². The van der Waals surface area contributed by atoms with Gasteiger partial charge in [0, 0.05) is 27.8 Å². The largest absolute Gasteiger partial charge is 0.338 e. The van der Waals surface area contributed by atoms with Crippen molar-refractivity contribution >= 4 is 21.8 Å². The first kappa shape index (κ1) is 12.4. The third kappa shape index (κ3) is 2.18. The van der Waals surface area contributed by atoms with Crippen molar-refractivity contribution in [3.8, 4) is 6.07 Å². The molecule has 21 heavy (non-hydrogen) atoms. The second kappa shape index (κ2) is 4.91. The van der Waals surface area contributed by atoms with E-state index in [1.54, 1.807) is 0 Å². The summed E-state index contributed by atoms with van der Waals surface area (Å²) in [5.41, 5.74) is 2.41. The second-order valence-corrected chi connectivity index (χ2v) is 5.77. The Morgan fingerprint density at radius 1 is 1.05 bits per heavy atom. The molecule has 3 nitrogen and oxygen atoms in total. The molecule has 0 amide bonds. The Morgan fingerprint density at radius 2 is 1.62 bits per heavy atom. The highest BCUT2D eigenvalue weighted by Crippen LogP contribution is 2.29. The van der Waals surface area contributed by atoms with Crippen molar-refractivity contribution in [2.45, 2.75) is 31.5 Å². The van der Waals surface area contributed by atoms with Gasteiger partial charge in [-0.15, -0.1) is 0 Å². The van der Waals surface area contributed by atoms with Crippen LogP contribution in [-0.4, -0.2) is 16.7 Å². The van der Waals surface area contributed by atoms with Gasteiger partial charge in [0.1, 0.15) is 6.04 Å². The van der Waals surface area contributed by atoms with Gasteiger partial charge in [0.25, 0.3) is 0 Å². The van der Waals surface area contributed by atoms with Crippen LogP contribution in [0.4, 0.5) is 0 Å². The van der Waals surface area contributed by atoms with Crippen LogP contribution >= 0.6 is 0 Å². The molecule has 1 saturated carbocycles. The van der Waals surface area contributed by atoms with Crippen molar-refractivity contribution in [3.63, 3.8) is 0 Å². The van der Waals surface area contributed by atoms with Gasteiger partial charge in [0.05, 0.1) is 12.6 Å². The average molecular weight is 275 g/mol. The van der Waals surface area contributed by atoms with Gasteiger partial charge < -0.3 is 4.57 Å². The number of rotatable bonds is 4. The first-order valence-corrected chi connectivity index (χ1v) is 7.48. The Kier molecular flexibility index (Phi) is 2.90. The SMILES string of the molecule is N#CC(Cn1c2ccccc2c2ccccc21)NC1CC1. The predicted molar refractivity (Wildman–Crippen MR) is 85.0 cm³/mol. The lowest BCUT2D eigenvalue weighted by Crippen LogP contribution is -2.33. The molecular formula is C18H17N3. The number of aromatic nitrogens is 1. The summed E-state index contributed by atoms with van der Waals surface area (Å²) in [6.07, 6.45) is 2.40. The third-order valence-electron chi connectivity index (χ3n) is 4.22. The highest BCUT2D eigenvalue weighted by atomic mass is 15.1. The van der Waals surface area contributed by atoms with Gasteiger partial charge in [-0.3, -0.25) is 5.32 Å². The van der Waals surface area contributed by atoms with Gasteiger partial charge in [-0.25, -0.2) is 0 Å². The Bertz CT molecular complexity index is 783. The number of hydrogen-bond acceptors (Lipinski definition) is 2. The number of nitrogens with one attached hydrogen (secondary N) is 1. The van der Waals surface area contributed by atoms with E-state index in [1.165, 1.54) is 34.6 Å². The van der Waals surface area contributed by atoms with E-state index in [4.69, 9.17) is 0 Å². The van der Waals surface area contributed by atoms with Crippen LogP contribution in [0.1, 0.15) is 12.8 Å². The fourth-order valence-electron chi connectivity index (χ4n) is 3.05. The normalized spacial score (nSPS) is 16.1. The Balaban J connectivity index is 1.83. The molecule has 3 aromatic rings. The lowest BCUT2D eigenvalue weighted by molar-refractivity contribution is 0.535. The van der Waals surface area contributed by atoms with Crippen molar-refractivity contribution in [2.75, 3.05) is 0 Å². The molecule has 1 atom stereocenters. The molecule has 2 aromatic carbocycles. The van der Waals surface area contributed by atoms with Gasteiger partial charge in [0.15, 0.2) is 0 Å². The highest BCUT2D eigenvalue weighted by Gasteiger charge is 2.25. The molecule has 104 valence electrons. The first-order valence-electron chi connectivity index (χ1n) is 7.48. The van der Waals surface area contributed by atoms with Crippen molar-refractivity contribution in [3.05, 3.63) is 48.5 Å². The lowest BCUT2D eigenvalue weighted by Gasteiger charge is -2.14. The van der Waals surface area contributed by atoms with E-state index < -0.39 is 0 Å². The molecule has 0 radical (unpaired) electrons. The van der Waals surface area contributed by atoms with Crippen LogP contribution < -0.4 is 5.32 Å². The zero-order chi connectivity index (χ0) is 14.2. The van der Waals surface area contributed by atoms with E-state index in [0.29, 0.717) is 12.6 Å². The molecule has 1 unspecified atom stereocenters. The van der Waals surface area contributed by atoms with Gasteiger partial charge in [-0.2, -0.15) is 5.26 Å². The number of fused-ring (bicyclic) bond motifs is 3. The maximum absolute atomic E-state index is 9.42. The van der Waals surface area contributed by atoms with Gasteiger partial charge in [0.2, 0.25) is 0 Å². The summed E-state index contributed by atoms with van der Waals surface area (Å²) < 4.78 is 2.27. The average Bonchev–Trinajstić information content (AvgIpc) is 3.30. The van der Waals surface area contributed by atoms with Crippen LogP contribution in [0, 0.1) is 11.3 Å². The molecule has 1 aliphatic carbocycles. The monoisotopic (exact) mass is 275 g/mol. The van der Waals surface area contributed by atoms with E-state index in [2.05, 4.69) is 64.5 Å². The molecule has 3 heteroatoms. The molecule has 1 aromatic heterocycles. The summed E-state index contributed by atoms with van der Waals surface area (Å²) in [5.74, 6) is 0. The fourth-order valence-corrected chi connectivity index (χ4v) is 3.05. The maximum atomic E-state index is 9.42. The van der Waals surface area contributed by atoms with Crippen molar-refractivity contribution in [1.82, 2.24) is 9.88 Å². The topological polar surface area (TPSA) is 40.8 Å². The van der Waals surface area contributed by atoms with E-state index in [-0.39, 0.29) is 6.04 Å². The quantitative estimate of drug-likeness (QED) is 0.792. The van der Waals surface area contributed by atoms with Crippen LogP contribution in [-0.2, 0) is 6.54 Å². The van der Waals surface area contributed by atoms with Gasteiger partial charge >= 0.3 is 0 Å². The van der Waals surface area contributed by atoms with Crippen LogP contribution in [0.2, 0.25) is 0 Å². The molecule has 1 heterocycles. The van der Waals surface area contributed by atoms with Crippen LogP contribution in [0.5, 0.6) is 0 Å². The minimum Gasteiger partial charge on any atom is -0.338 e.